The molecule has 0 aliphatic rings. The highest BCUT2D eigenvalue weighted by Gasteiger charge is 2.26. The first-order valence-corrected chi connectivity index (χ1v) is 10.4. The number of hydrogen-bond donors (Lipinski definition) is 1. The Labute approximate surface area is 184 Å². The van der Waals surface area contributed by atoms with Crippen LogP contribution in [-0.2, 0) is 4.74 Å². The van der Waals surface area contributed by atoms with Crippen molar-refractivity contribution in [3.8, 4) is 11.4 Å². The van der Waals surface area contributed by atoms with Crippen LogP contribution in [0.25, 0.3) is 27.9 Å². The molecule has 0 saturated heterocycles. The van der Waals surface area contributed by atoms with Gasteiger partial charge in [-0.3, -0.25) is 4.57 Å². The highest BCUT2D eigenvalue weighted by Crippen LogP contribution is 2.34. The molecule has 0 amide bonds. The van der Waals surface area contributed by atoms with Gasteiger partial charge in [0.1, 0.15) is 22.6 Å². The van der Waals surface area contributed by atoms with Crippen LogP contribution in [0.2, 0.25) is 5.02 Å². The number of hydrogen-bond acceptors (Lipinski definition) is 6. The van der Waals surface area contributed by atoms with Crippen molar-refractivity contribution in [1.82, 2.24) is 14.5 Å². The molecule has 160 valence electrons. The molecule has 7 nitrogen and oxygen atoms in total. The number of nitrogens with two attached hydrogens (primary N) is 1. The van der Waals surface area contributed by atoms with Crippen LogP contribution < -0.4 is 10.5 Å². The first kappa shape index (κ1) is 20.9. The number of nitrogens with zero attached hydrogens (tertiary/aromatic N) is 3. The number of carbonyl (C=O) groups excluding carboxylic acids is 1. The molecule has 0 aliphatic heterocycles. The molecular formula is C23H23ClN4O3. The minimum Gasteiger partial charge on any atom is -0.495 e. The number of ether oxygens (including phenoxy) is 2. The molecule has 0 unspecified atom stereocenters. The number of anilines is 1. The number of rotatable bonds is 6. The average Bonchev–Trinajstić information content (AvgIpc) is 3.06. The van der Waals surface area contributed by atoms with E-state index in [2.05, 4.69) is 4.98 Å². The van der Waals surface area contributed by atoms with Gasteiger partial charge in [0.05, 0.1) is 35.5 Å². The van der Waals surface area contributed by atoms with Gasteiger partial charge in [-0.2, -0.15) is 0 Å². The summed E-state index contributed by atoms with van der Waals surface area (Å²) in [5, 5.41) is 0.413. The van der Waals surface area contributed by atoms with Crippen molar-refractivity contribution in [3.05, 3.63) is 53.1 Å². The fraction of sp³-hybridized carbons (Fsp3) is 0.261. The number of halogens is 1. The Kier molecular flexibility index (Phi) is 5.69. The largest absolute Gasteiger partial charge is 0.495 e. The molecule has 31 heavy (non-hydrogen) atoms. The summed E-state index contributed by atoms with van der Waals surface area (Å²) in [6, 6.07) is 12.7. The third-order valence-corrected chi connectivity index (χ3v) is 5.59. The Hall–Kier alpha value is -3.32. The van der Waals surface area contributed by atoms with E-state index in [9.17, 15) is 4.79 Å². The number of fused-ring (bicyclic) bond motifs is 2. The minimum absolute atomic E-state index is 0.195. The molecule has 2 heterocycles. The van der Waals surface area contributed by atoms with Gasteiger partial charge >= 0.3 is 5.97 Å². The van der Waals surface area contributed by atoms with Crippen LogP contribution >= 0.6 is 11.6 Å². The summed E-state index contributed by atoms with van der Waals surface area (Å²) in [5.41, 5.74) is 9.50. The van der Waals surface area contributed by atoms with E-state index in [4.69, 9.17) is 31.8 Å². The lowest BCUT2D eigenvalue weighted by molar-refractivity contribution is 0.0450. The van der Waals surface area contributed by atoms with Crippen LogP contribution in [0.5, 0.6) is 5.75 Å². The highest BCUT2D eigenvalue weighted by atomic mass is 35.5. The molecule has 0 spiro atoms. The van der Waals surface area contributed by atoms with Gasteiger partial charge in [0.2, 0.25) is 0 Å². The third kappa shape index (κ3) is 3.77. The third-order valence-electron chi connectivity index (χ3n) is 5.29. The van der Waals surface area contributed by atoms with Crippen LogP contribution in [0.4, 0.5) is 5.82 Å². The van der Waals surface area contributed by atoms with Gasteiger partial charge in [-0.05, 0) is 36.2 Å². The van der Waals surface area contributed by atoms with E-state index in [1.165, 1.54) is 0 Å². The summed E-state index contributed by atoms with van der Waals surface area (Å²) in [5.74, 6) is 0.447. The Bertz CT molecular complexity index is 1290. The summed E-state index contributed by atoms with van der Waals surface area (Å²) in [7, 11) is 1.54. The van der Waals surface area contributed by atoms with Crippen molar-refractivity contribution in [1.29, 1.82) is 0 Å². The minimum atomic E-state index is -0.522. The van der Waals surface area contributed by atoms with Crippen molar-refractivity contribution in [2.24, 2.45) is 5.92 Å². The van der Waals surface area contributed by atoms with E-state index in [0.717, 1.165) is 6.42 Å². The van der Waals surface area contributed by atoms with E-state index < -0.39 is 5.97 Å². The summed E-state index contributed by atoms with van der Waals surface area (Å²) in [4.78, 5) is 22.4. The monoisotopic (exact) mass is 438 g/mol. The first-order valence-electron chi connectivity index (χ1n) is 10.0. The van der Waals surface area contributed by atoms with Crippen molar-refractivity contribution in [2.45, 2.75) is 20.3 Å². The van der Waals surface area contributed by atoms with Crippen LogP contribution in [0.1, 0.15) is 30.6 Å². The van der Waals surface area contributed by atoms with Gasteiger partial charge < -0.3 is 15.2 Å². The molecule has 0 saturated carbocycles. The second-order valence-corrected chi connectivity index (χ2v) is 7.82. The lowest BCUT2D eigenvalue weighted by Gasteiger charge is -2.11. The molecular weight excluding hydrogens is 416 g/mol. The van der Waals surface area contributed by atoms with Crippen molar-refractivity contribution in [2.75, 3.05) is 19.5 Å². The Balaban J connectivity index is 1.95. The molecule has 0 fully saturated rings. The fourth-order valence-corrected chi connectivity index (χ4v) is 3.58. The average molecular weight is 439 g/mol. The van der Waals surface area contributed by atoms with Crippen LogP contribution in [-0.4, -0.2) is 34.2 Å². The molecule has 4 aromatic rings. The molecule has 0 aliphatic carbocycles. The summed E-state index contributed by atoms with van der Waals surface area (Å²) < 4.78 is 12.5. The Morgan fingerprint density at radius 3 is 2.55 bits per heavy atom. The maximum absolute atomic E-state index is 13.0. The molecule has 2 aromatic heterocycles. The van der Waals surface area contributed by atoms with Crippen molar-refractivity contribution < 1.29 is 14.3 Å². The predicted octanol–water partition coefficient (Wildman–Crippen LogP) is 5.02. The number of esters is 1. The summed E-state index contributed by atoms with van der Waals surface area (Å²) in [6.45, 7) is 4.37. The van der Waals surface area contributed by atoms with Gasteiger partial charge in [-0.15, -0.1) is 0 Å². The Morgan fingerprint density at radius 2 is 1.90 bits per heavy atom. The van der Waals surface area contributed by atoms with E-state index in [0.29, 0.717) is 45.3 Å². The van der Waals surface area contributed by atoms with E-state index in [-0.39, 0.29) is 17.3 Å². The zero-order valence-corrected chi connectivity index (χ0v) is 18.3. The molecule has 4 rings (SSSR count). The second-order valence-electron chi connectivity index (χ2n) is 7.41. The number of benzene rings is 2. The standard InChI is InChI=1S/C23H23ClN4O3/c1-4-13(2)12-31-23(29)19-20-22(27-17-8-6-5-7-16(17)26-20)28(21(19)25)14-9-10-18(30-3)15(24)11-14/h5-11,13H,4,12,25H2,1-3H3/t13-/m1/s1. The molecule has 2 N–H and O–H groups in total. The number of carbonyl (C=O) groups is 1. The highest BCUT2D eigenvalue weighted by molar-refractivity contribution is 6.32. The lowest BCUT2D eigenvalue weighted by atomic mass is 10.1. The van der Waals surface area contributed by atoms with Gasteiger partial charge in [0.25, 0.3) is 0 Å². The fourth-order valence-electron chi connectivity index (χ4n) is 3.33. The second kappa shape index (κ2) is 8.43. The van der Waals surface area contributed by atoms with Crippen LogP contribution in [0.3, 0.4) is 0 Å². The number of aromatic nitrogens is 3. The molecule has 1 atom stereocenters. The SMILES string of the molecule is CC[C@@H](C)COC(=O)c1c(N)n(-c2ccc(OC)c(Cl)c2)c2nc3ccccc3nc12. The van der Waals surface area contributed by atoms with Gasteiger partial charge in [-0.25, -0.2) is 14.8 Å². The maximum Gasteiger partial charge on any atom is 0.344 e. The van der Waals surface area contributed by atoms with E-state index in [1.807, 2.05) is 38.1 Å². The normalized spacial score (nSPS) is 12.3. The summed E-state index contributed by atoms with van der Waals surface area (Å²) >= 11 is 6.34. The maximum atomic E-state index is 13.0. The molecule has 8 heteroatoms. The number of para-hydroxylation sites is 2. The quantitative estimate of drug-likeness (QED) is 0.425. The Morgan fingerprint density at radius 1 is 1.19 bits per heavy atom. The lowest BCUT2D eigenvalue weighted by Crippen LogP contribution is -2.13. The zero-order valence-electron chi connectivity index (χ0n) is 17.6. The predicted molar refractivity (Wildman–Crippen MR) is 122 cm³/mol. The van der Waals surface area contributed by atoms with Gasteiger partial charge in [-0.1, -0.05) is 44.0 Å². The smallest absolute Gasteiger partial charge is 0.344 e. The van der Waals surface area contributed by atoms with Crippen molar-refractivity contribution >= 4 is 45.6 Å². The van der Waals surface area contributed by atoms with E-state index >= 15 is 0 Å². The topological polar surface area (TPSA) is 92.3 Å². The zero-order chi connectivity index (χ0) is 22.1. The van der Waals surface area contributed by atoms with Crippen LogP contribution in [0.15, 0.2) is 42.5 Å². The van der Waals surface area contributed by atoms with Gasteiger partial charge in [0, 0.05) is 0 Å². The number of nitrogen functional groups attached to an aromatic ring is 1. The molecule has 0 radical (unpaired) electrons. The van der Waals surface area contributed by atoms with Crippen molar-refractivity contribution in [3.63, 3.8) is 0 Å². The molecule has 0 bridgehead atoms. The van der Waals surface area contributed by atoms with Crippen LogP contribution in [0, 0.1) is 5.92 Å². The first-order chi connectivity index (χ1) is 14.9. The summed E-state index contributed by atoms with van der Waals surface area (Å²) in [6.07, 6.45) is 0.902. The number of methoxy groups -OCH3 is 1. The van der Waals surface area contributed by atoms with E-state index in [1.54, 1.807) is 29.9 Å². The van der Waals surface area contributed by atoms with Gasteiger partial charge in [0.15, 0.2) is 5.65 Å². The molecule has 2 aromatic carbocycles.